The third-order valence-electron chi connectivity index (χ3n) is 8.89. The minimum atomic E-state index is -1.71. The Hall–Kier alpha value is -4.75. The Bertz CT molecular complexity index is 1780. The fraction of sp³-hybridized carbons (Fsp3) is 0.308. The van der Waals surface area contributed by atoms with Crippen molar-refractivity contribution < 1.29 is 24.2 Å². The summed E-state index contributed by atoms with van der Waals surface area (Å²) in [5, 5.41) is 17.7. The van der Waals surface area contributed by atoms with Gasteiger partial charge < -0.3 is 20.5 Å². The van der Waals surface area contributed by atoms with Crippen molar-refractivity contribution in [2.75, 3.05) is 10.6 Å². The quantitative estimate of drug-likeness (QED) is 0.182. The summed E-state index contributed by atoms with van der Waals surface area (Å²) < 4.78 is 6.03. The van der Waals surface area contributed by atoms with E-state index in [1.54, 1.807) is 24.3 Å². The van der Waals surface area contributed by atoms with Crippen molar-refractivity contribution >= 4 is 29.0 Å². The molecule has 1 saturated carbocycles. The number of carbonyl (C=O) groups excluding carboxylic acids is 3. The molecule has 4 unspecified atom stereocenters. The molecule has 5 rings (SSSR count). The number of hydrogen-bond acceptors (Lipinski definition) is 5. The second-order valence-electron chi connectivity index (χ2n) is 12.9. The number of hydrogen-bond donors (Lipinski definition) is 3. The van der Waals surface area contributed by atoms with E-state index in [4.69, 9.17) is 4.74 Å². The number of anilines is 2. The molecule has 0 radical (unpaired) electrons. The zero-order valence-electron chi connectivity index (χ0n) is 27.3. The van der Waals surface area contributed by atoms with Gasteiger partial charge in [0.25, 0.3) is 0 Å². The molecule has 0 aromatic heterocycles. The van der Waals surface area contributed by atoms with E-state index in [-0.39, 0.29) is 6.42 Å². The van der Waals surface area contributed by atoms with E-state index in [0.717, 1.165) is 33.4 Å². The maximum atomic E-state index is 14.2. The summed E-state index contributed by atoms with van der Waals surface area (Å²) in [6.07, 6.45) is -0.336. The number of nitrogens with one attached hydrogen (secondary N) is 2. The molecule has 4 aromatic rings. The van der Waals surface area contributed by atoms with Crippen molar-refractivity contribution in [3.63, 3.8) is 0 Å². The zero-order chi connectivity index (χ0) is 33.2. The van der Waals surface area contributed by atoms with Crippen molar-refractivity contribution in [2.24, 2.45) is 11.8 Å². The number of Topliss-reactive ketones (excluding diaryl/α,β-unsaturated/α-hetero) is 1. The second-order valence-corrected chi connectivity index (χ2v) is 12.9. The molecule has 7 heteroatoms. The minimum absolute atomic E-state index is 0.336. The topological polar surface area (TPSA) is 105 Å². The lowest BCUT2D eigenvalue weighted by Gasteiger charge is -2.44. The predicted octanol–water partition coefficient (Wildman–Crippen LogP) is 7.12. The summed E-state index contributed by atoms with van der Waals surface area (Å²) in [6, 6.07) is 26.6. The highest BCUT2D eigenvalue weighted by Crippen LogP contribution is 2.47. The monoisotopic (exact) mass is 618 g/mol. The van der Waals surface area contributed by atoms with Crippen LogP contribution in [-0.2, 0) is 21.0 Å². The molecule has 1 fully saturated rings. The summed E-state index contributed by atoms with van der Waals surface area (Å²) in [6.45, 7) is 11.5. The molecular weight excluding hydrogens is 576 g/mol. The van der Waals surface area contributed by atoms with E-state index in [2.05, 4.69) is 16.7 Å². The van der Waals surface area contributed by atoms with Gasteiger partial charge in [-0.25, -0.2) is 0 Å². The Kier molecular flexibility index (Phi) is 9.44. The highest BCUT2D eigenvalue weighted by atomic mass is 16.5. The third-order valence-corrected chi connectivity index (χ3v) is 8.89. The van der Waals surface area contributed by atoms with Crippen molar-refractivity contribution in [2.45, 2.75) is 66.1 Å². The maximum absolute atomic E-state index is 14.2. The van der Waals surface area contributed by atoms with E-state index < -0.39 is 41.0 Å². The normalized spacial score (nSPS) is 21.0. The molecule has 4 aromatic carbocycles. The van der Waals surface area contributed by atoms with Crippen molar-refractivity contribution in [1.82, 2.24) is 0 Å². The molecule has 4 atom stereocenters. The van der Waals surface area contributed by atoms with Gasteiger partial charge in [0.05, 0.1) is 11.5 Å². The highest BCUT2D eigenvalue weighted by Gasteiger charge is 2.56. The molecule has 0 spiro atoms. The maximum Gasteiger partial charge on any atom is 0.235 e. The van der Waals surface area contributed by atoms with Gasteiger partial charge in [-0.3, -0.25) is 14.4 Å². The Morgan fingerprint density at radius 2 is 1.35 bits per heavy atom. The van der Waals surface area contributed by atoms with E-state index in [0.29, 0.717) is 29.3 Å². The number of rotatable bonds is 8. The number of ketones is 1. The molecule has 2 amide bonds. The molecule has 1 aliphatic carbocycles. The fourth-order valence-corrected chi connectivity index (χ4v) is 6.41. The number of ether oxygens (including phenoxy) is 1. The Morgan fingerprint density at radius 3 is 1.93 bits per heavy atom. The van der Waals surface area contributed by atoms with E-state index >= 15 is 0 Å². The predicted molar refractivity (Wildman–Crippen MR) is 181 cm³/mol. The van der Waals surface area contributed by atoms with Gasteiger partial charge >= 0.3 is 0 Å². The van der Waals surface area contributed by atoms with Gasteiger partial charge in [0.2, 0.25) is 11.8 Å². The average Bonchev–Trinajstić information content (AvgIpc) is 2.99. The molecule has 46 heavy (non-hydrogen) atoms. The summed E-state index contributed by atoms with van der Waals surface area (Å²) in [7, 11) is 0. The number of carbonyl (C=O) groups is 3. The van der Waals surface area contributed by atoms with Crippen LogP contribution in [0.3, 0.4) is 0 Å². The van der Waals surface area contributed by atoms with Crippen LogP contribution >= 0.6 is 0 Å². The number of amides is 2. The van der Waals surface area contributed by atoms with Crippen LogP contribution in [0.4, 0.5) is 11.4 Å². The van der Waals surface area contributed by atoms with Gasteiger partial charge in [0.1, 0.15) is 24.1 Å². The van der Waals surface area contributed by atoms with Crippen molar-refractivity contribution in [1.29, 1.82) is 0 Å². The standard InChI is InChI=1S/C39H42N2O5/c1-23-8-7-9-28(18-23)22-46-30-16-14-29(15-17-30)34-35(37(43)40-31-19-24(2)10-12-26(31)4)33(42)21-39(6,45)36(34)38(44)41-32-20-25(3)11-13-27(32)5/h7-20,34-36,45H,21-22H2,1-6H3,(H,40,43)(H,41,44). The molecule has 0 bridgehead atoms. The van der Waals surface area contributed by atoms with Gasteiger partial charge in [0.15, 0.2) is 0 Å². The van der Waals surface area contributed by atoms with Crippen LogP contribution in [0.5, 0.6) is 5.75 Å². The van der Waals surface area contributed by atoms with Crippen molar-refractivity contribution in [3.05, 3.63) is 124 Å². The number of benzene rings is 4. The largest absolute Gasteiger partial charge is 0.489 e. The zero-order valence-corrected chi connectivity index (χ0v) is 27.3. The van der Waals surface area contributed by atoms with Gasteiger partial charge in [-0.1, -0.05) is 66.2 Å². The Balaban J connectivity index is 1.52. The summed E-state index contributed by atoms with van der Waals surface area (Å²) >= 11 is 0. The van der Waals surface area contributed by atoms with Crippen LogP contribution in [0, 0.1) is 46.5 Å². The van der Waals surface area contributed by atoms with Crippen LogP contribution in [0.2, 0.25) is 0 Å². The molecule has 7 nitrogen and oxygen atoms in total. The molecular formula is C39H42N2O5. The second kappa shape index (κ2) is 13.3. The first-order chi connectivity index (χ1) is 21.8. The highest BCUT2D eigenvalue weighted by molar-refractivity contribution is 6.10. The first kappa shape index (κ1) is 32.6. The number of aryl methyl sites for hydroxylation is 5. The molecule has 0 aliphatic heterocycles. The Morgan fingerprint density at radius 1 is 0.783 bits per heavy atom. The third kappa shape index (κ3) is 7.21. The van der Waals surface area contributed by atoms with E-state index in [9.17, 15) is 19.5 Å². The lowest BCUT2D eigenvalue weighted by molar-refractivity contribution is -0.150. The molecule has 1 aliphatic rings. The molecule has 3 N–H and O–H groups in total. The molecule has 238 valence electrons. The minimum Gasteiger partial charge on any atom is -0.489 e. The SMILES string of the molecule is Cc1cccc(COc2ccc(C3C(C(=O)Nc4cc(C)ccc4C)C(=O)CC(C)(O)C3C(=O)Nc3cc(C)ccc3C)cc2)c1. The van der Waals surface area contributed by atoms with Gasteiger partial charge in [-0.2, -0.15) is 0 Å². The van der Waals surface area contributed by atoms with Crippen LogP contribution < -0.4 is 15.4 Å². The lowest BCUT2D eigenvalue weighted by atomic mass is 9.61. The summed E-state index contributed by atoms with van der Waals surface area (Å²) in [5.41, 5.74) is 5.91. The van der Waals surface area contributed by atoms with Gasteiger partial charge in [-0.15, -0.1) is 0 Å². The Labute approximate surface area is 271 Å². The molecule has 0 saturated heterocycles. The summed E-state index contributed by atoms with van der Waals surface area (Å²) in [5.74, 6) is -4.06. The van der Waals surface area contributed by atoms with Crippen molar-refractivity contribution in [3.8, 4) is 5.75 Å². The van der Waals surface area contributed by atoms with Crippen LogP contribution in [0.25, 0.3) is 0 Å². The van der Waals surface area contributed by atoms with Crippen LogP contribution in [0.15, 0.2) is 84.9 Å². The molecule has 0 heterocycles. The fourth-order valence-electron chi connectivity index (χ4n) is 6.41. The smallest absolute Gasteiger partial charge is 0.235 e. The number of aliphatic hydroxyl groups is 1. The first-order valence-electron chi connectivity index (χ1n) is 15.6. The van der Waals surface area contributed by atoms with Gasteiger partial charge in [0, 0.05) is 23.7 Å². The first-order valence-corrected chi connectivity index (χ1v) is 15.6. The van der Waals surface area contributed by atoms with Crippen LogP contribution in [-0.4, -0.2) is 28.3 Å². The van der Waals surface area contributed by atoms with Crippen LogP contribution in [0.1, 0.15) is 58.2 Å². The van der Waals surface area contributed by atoms with E-state index in [1.165, 1.54) is 6.92 Å². The summed E-state index contributed by atoms with van der Waals surface area (Å²) in [4.78, 5) is 42.0. The average molecular weight is 619 g/mol. The van der Waals surface area contributed by atoms with E-state index in [1.807, 2.05) is 89.2 Å². The van der Waals surface area contributed by atoms with Gasteiger partial charge in [-0.05, 0) is 99.2 Å². The lowest BCUT2D eigenvalue weighted by Crippen LogP contribution is -2.56.